The van der Waals surface area contributed by atoms with E-state index in [2.05, 4.69) is 30.9 Å². The number of aromatic nitrogens is 2. The van der Waals surface area contributed by atoms with E-state index in [1.165, 1.54) is 12.1 Å². The number of thiocarbonyl (C=S) groups is 1. The largest absolute Gasteiger partial charge is 0.416 e. The van der Waals surface area contributed by atoms with Gasteiger partial charge in [-0.3, -0.25) is 5.32 Å². The van der Waals surface area contributed by atoms with Crippen molar-refractivity contribution >= 4 is 34.9 Å². The lowest BCUT2D eigenvalue weighted by atomic mass is 10.2. The Labute approximate surface area is 165 Å². The topological polar surface area (TPSA) is 74.2 Å². The second-order valence-corrected chi connectivity index (χ2v) is 6.87. The molecule has 28 heavy (non-hydrogen) atoms. The summed E-state index contributed by atoms with van der Waals surface area (Å²) >= 11 is 5.25. The van der Waals surface area contributed by atoms with Crippen LogP contribution in [0.5, 0.6) is 0 Å². The minimum absolute atomic E-state index is 0.191. The van der Waals surface area contributed by atoms with E-state index in [0.29, 0.717) is 17.6 Å². The Kier molecular flexibility index (Phi) is 5.78. The SMILES string of the molecule is Cc1cc(C)nc(NC(=NC2CC2)NC(=S)Nc2ccc(C(F)(F)F)cc2)n1. The highest BCUT2D eigenvalue weighted by Gasteiger charge is 2.30. The van der Waals surface area contributed by atoms with E-state index in [-0.39, 0.29) is 11.2 Å². The highest BCUT2D eigenvalue weighted by molar-refractivity contribution is 7.80. The fourth-order valence-corrected chi connectivity index (χ4v) is 2.60. The van der Waals surface area contributed by atoms with E-state index in [9.17, 15) is 13.2 Å². The Morgan fingerprint density at radius 3 is 2.21 bits per heavy atom. The molecule has 6 nitrogen and oxygen atoms in total. The van der Waals surface area contributed by atoms with Gasteiger partial charge in [-0.2, -0.15) is 13.2 Å². The smallest absolute Gasteiger partial charge is 0.332 e. The van der Waals surface area contributed by atoms with Crippen LogP contribution >= 0.6 is 12.2 Å². The van der Waals surface area contributed by atoms with Crippen LogP contribution in [0, 0.1) is 13.8 Å². The van der Waals surface area contributed by atoms with Gasteiger partial charge in [-0.1, -0.05) is 0 Å². The predicted octanol–water partition coefficient (Wildman–Crippen LogP) is 4.03. The summed E-state index contributed by atoms with van der Waals surface area (Å²) in [6.07, 6.45) is -2.41. The molecule has 1 aliphatic carbocycles. The standard InChI is InChI=1S/C18H19F3N6S/c1-10-9-11(2)23-15(22-10)26-16(24-13-7-8-13)27-17(28)25-14-5-3-12(4-6-14)18(19,20)21/h3-6,9,13H,7-8H2,1-2H3,(H3,22,23,24,25,26,27,28). The third-order valence-corrected chi connectivity index (χ3v) is 3.98. The highest BCUT2D eigenvalue weighted by Crippen LogP contribution is 2.29. The molecule has 0 bridgehead atoms. The third kappa shape index (κ3) is 5.88. The molecule has 10 heteroatoms. The first kappa shape index (κ1) is 20.0. The summed E-state index contributed by atoms with van der Waals surface area (Å²) in [5.74, 6) is 0.777. The summed E-state index contributed by atoms with van der Waals surface area (Å²) in [4.78, 5) is 13.1. The summed E-state index contributed by atoms with van der Waals surface area (Å²) in [5, 5.41) is 8.98. The van der Waals surface area contributed by atoms with Crippen LogP contribution in [0.15, 0.2) is 35.3 Å². The average molecular weight is 408 g/mol. The van der Waals surface area contributed by atoms with E-state index in [0.717, 1.165) is 36.4 Å². The Morgan fingerprint density at radius 1 is 1.07 bits per heavy atom. The van der Waals surface area contributed by atoms with Crippen molar-refractivity contribution in [1.29, 1.82) is 0 Å². The van der Waals surface area contributed by atoms with Gasteiger partial charge >= 0.3 is 6.18 Å². The molecule has 0 atom stereocenters. The second kappa shape index (κ2) is 8.09. The molecule has 0 radical (unpaired) electrons. The maximum atomic E-state index is 12.7. The van der Waals surface area contributed by atoms with Crippen molar-refractivity contribution in [3.63, 3.8) is 0 Å². The van der Waals surface area contributed by atoms with Gasteiger partial charge in [-0.15, -0.1) is 0 Å². The van der Waals surface area contributed by atoms with Crippen molar-refractivity contribution in [2.45, 2.75) is 38.9 Å². The monoisotopic (exact) mass is 408 g/mol. The highest BCUT2D eigenvalue weighted by atomic mass is 32.1. The van der Waals surface area contributed by atoms with Gasteiger partial charge < -0.3 is 10.6 Å². The number of aliphatic imine (C=N–C) groups is 1. The molecule has 0 spiro atoms. The quantitative estimate of drug-likeness (QED) is 0.405. The van der Waals surface area contributed by atoms with Gasteiger partial charge in [-0.25, -0.2) is 15.0 Å². The molecule has 3 N–H and O–H groups in total. The van der Waals surface area contributed by atoms with Crippen LogP contribution in [0.25, 0.3) is 0 Å². The molecular formula is C18H19F3N6S. The van der Waals surface area contributed by atoms with Gasteiger partial charge in [0.15, 0.2) is 5.11 Å². The molecule has 1 aromatic carbocycles. The molecule has 148 valence electrons. The zero-order valence-corrected chi connectivity index (χ0v) is 16.1. The van der Waals surface area contributed by atoms with Gasteiger partial charge in [0.2, 0.25) is 11.9 Å². The van der Waals surface area contributed by atoms with Crippen LogP contribution in [-0.4, -0.2) is 27.1 Å². The molecule has 0 unspecified atom stereocenters. The van der Waals surface area contributed by atoms with E-state index in [4.69, 9.17) is 12.2 Å². The van der Waals surface area contributed by atoms with Crippen LogP contribution in [0.1, 0.15) is 29.8 Å². The van der Waals surface area contributed by atoms with E-state index in [1.54, 1.807) is 0 Å². The first-order chi connectivity index (χ1) is 13.2. The lowest BCUT2D eigenvalue weighted by Crippen LogP contribution is -2.39. The van der Waals surface area contributed by atoms with Gasteiger partial charge in [0.1, 0.15) is 0 Å². The maximum Gasteiger partial charge on any atom is 0.416 e. The number of benzene rings is 1. The number of nitrogens with one attached hydrogen (secondary N) is 3. The third-order valence-electron chi connectivity index (χ3n) is 3.77. The van der Waals surface area contributed by atoms with E-state index >= 15 is 0 Å². The lowest BCUT2D eigenvalue weighted by Gasteiger charge is -2.14. The zero-order valence-electron chi connectivity index (χ0n) is 15.3. The lowest BCUT2D eigenvalue weighted by molar-refractivity contribution is -0.137. The van der Waals surface area contributed by atoms with E-state index in [1.807, 2.05) is 19.9 Å². The summed E-state index contributed by atoms with van der Waals surface area (Å²) in [6.45, 7) is 3.73. The molecule has 1 aliphatic rings. The number of hydrogen-bond acceptors (Lipinski definition) is 4. The summed E-state index contributed by atoms with van der Waals surface area (Å²) in [5.41, 5.74) is 1.33. The summed E-state index contributed by atoms with van der Waals surface area (Å²) in [7, 11) is 0. The van der Waals surface area contributed by atoms with Gasteiger partial charge in [0, 0.05) is 17.1 Å². The van der Waals surface area contributed by atoms with Crippen LogP contribution in [-0.2, 0) is 6.18 Å². The summed E-state index contributed by atoms with van der Waals surface area (Å²) in [6, 6.07) is 6.67. The molecule has 0 saturated heterocycles. The number of hydrogen-bond donors (Lipinski definition) is 3. The van der Waals surface area contributed by atoms with Crippen molar-refractivity contribution in [2.75, 3.05) is 10.6 Å². The molecular weight excluding hydrogens is 389 g/mol. The molecule has 1 saturated carbocycles. The molecule has 3 rings (SSSR count). The normalized spacial score (nSPS) is 14.5. The Hall–Kier alpha value is -2.75. The molecule has 2 aromatic rings. The average Bonchev–Trinajstić information content (AvgIpc) is 3.37. The molecule has 0 aliphatic heterocycles. The van der Waals surface area contributed by atoms with Crippen LogP contribution < -0.4 is 16.0 Å². The Balaban J connectivity index is 1.66. The van der Waals surface area contributed by atoms with Crippen molar-refractivity contribution in [1.82, 2.24) is 15.3 Å². The Bertz CT molecular complexity index is 871. The second-order valence-electron chi connectivity index (χ2n) is 6.46. The van der Waals surface area contributed by atoms with Crippen molar-refractivity contribution in [2.24, 2.45) is 4.99 Å². The maximum absolute atomic E-state index is 12.7. The first-order valence-corrected chi connectivity index (χ1v) is 9.02. The first-order valence-electron chi connectivity index (χ1n) is 8.61. The molecule has 1 aromatic heterocycles. The number of halogens is 3. The zero-order chi connectivity index (χ0) is 20.3. The molecule has 0 amide bonds. The number of nitrogens with zero attached hydrogens (tertiary/aromatic N) is 3. The number of aryl methyl sites for hydroxylation is 2. The van der Waals surface area contributed by atoms with Crippen LogP contribution in [0.3, 0.4) is 0 Å². The van der Waals surface area contributed by atoms with Crippen molar-refractivity contribution in [3.05, 3.63) is 47.3 Å². The minimum atomic E-state index is -4.38. The number of alkyl halides is 3. The fraction of sp³-hybridized carbons (Fsp3) is 0.333. The van der Waals surface area contributed by atoms with Crippen LogP contribution in [0.4, 0.5) is 24.8 Å². The summed E-state index contributed by atoms with van der Waals surface area (Å²) < 4.78 is 38.0. The number of anilines is 2. The molecule has 1 heterocycles. The van der Waals surface area contributed by atoms with Crippen LogP contribution in [0.2, 0.25) is 0 Å². The van der Waals surface area contributed by atoms with Gasteiger partial charge in [-0.05, 0) is 69.2 Å². The number of rotatable bonds is 3. The van der Waals surface area contributed by atoms with Crippen molar-refractivity contribution < 1.29 is 13.2 Å². The van der Waals surface area contributed by atoms with Crippen molar-refractivity contribution in [3.8, 4) is 0 Å². The van der Waals surface area contributed by atoms with Gasteiger partial charge in [0.05, 0.1) is 11.6 Å². The minimum Gasteiger partial charge on any atom is -0.332 e. The Morgan fingerprint density at radius 2 is 1.68 bits per heavy atom. The van der Waals surface area contributed by atoms with Gasteiger partial charge in [0.25, 0.3) is 0 Å². The fourth-order valence-electron chi connectivity index (χ4n) is 2.38. The number of guanidine groups is 1. The van der Waals surface area contributed by atoms with E-state index < -0.39 is 11.7 Å². The predicted molar refractivity (Wildman–Crippen MR) is 106 cm³/mol. The molecule has 1 fully saturated rings.